The number of rotatable bonds is 2. The van der Waals surface area contributed by atoms with Crippen LogP contribution in [0.3, 0.4) is 0 Å². The van der Waals surface area contributed by atoms with Gasteiger partial charge in [-0.05, 0) is 22.4 Å². The molecule has 0 amide bonds. The van der Waals surface area contributed by atoms with E-state index in [0.717, 1.165) is 4.60 Å². The number of thiazole rings is 1. The van der Waals surface area contributed by atoms with E-state index < -0.39 is 0 Å². The first-order chi connectivity index (χ1) is 4.74. The fourth-order valence-corrected chi connectivity index (χ4v) is 2.08. The molecule has 1 unspecified atom stereocenters. The fraction of sp³-hybridized carbons (Fsp3) is 0.571. The standard InChI is InChI=1S/C7H10BrNS/c1-3-5(2)7-9-6(8)4-10-7/h4-5H,3H2,1-2H3. The Balaban J connectivity index is 2.74. The van der Waals surface area contributed by atoms with Crippen molar-refractivity contribution < 1.29 is 0 Å². The molecule has 0 aliphatic rings. The zero-order valence-corrected chi connectivity index (χ0v) is 8.50. The highest BCUT2D eigenvalue weighted by atomic mass is 79.9. The lowest BCUT2D eigenvalue weighted by Crippen LogP contribution is -1.88. The molecule has 10 heavy (non-hydrogen) atoms. The molecule has 0 aromatic carbocycles. The largest absolute Gasteiger partial charge is 0.234 e. The van der Waals surface area contributed by atoms with Crippen LogP contribution < -0.4 is 0 Å². The molecule has 1 atom stereocenters. The van der Waals surface area contributed by atoms with E-state index in [1.807, 2.05) is 5.38 Å². The molecule has 0 saturated carbocycles. The molecule has 1 aromatic rings. The van der Waals surface area contributed by atoms with Gasteiger partial charge in [0.1, 0.15) is 4.60 Å². The van der Waals surface area contributed by atoms with E-state index in [1.54, 1.807) is 11.3 Å². The van der Waals surface area contributed by atoms with Gasteiger partial charge in [-0.3, -0.25) is 0 Å². The van der Waals surface area contributed by atoms with Crippen LogP contribution in [0.25, 0.3) is 0 Å². The van der Waals surface area contributed by atoms with Gasteiger partial charge in [-0.2, -0.15) is 0 Å². The summed E-state index contributed by atoms with van der Waals surface area (Å²) in [5.41, 5.74) is 0. The second kappa shape index (κ2) is 3.49. The van der Waals surface area contributed by atoms with Crippen molar-refractivity contribution in [2.24, 2.45) is 0 Å². The van der Waals surface area contributed by atoms with Crippen molar-refractivity contribution in [2.45, 2.75) is 26.2 Å². The molecule has 0 spiro atoms. The van der Waals surface area contributed by atoms with Crippen LogP contribution in [-0.4, -0.2) is 4.98 Å². The third kappa shape index (κ3) is 1.80. The zero-order chi connectivity index (χ0) is 7.56. The molecule has 0 saturated heterocycles. The molecule has 0 N–H and O–H groups in total. The second-order valence-electron chi connectivity index (χ2n) is 2.32. The van der Waals surface area contributed by atoms with Crippen molar-refractivity contribution in [3.8, 4) is 0 Å². The van der Waals surface area contributed by atoms with Crippen molar-refractivity contribution in [3.63, 3.8) is 0 Å². The van der Waals surface area contributed by atoms with E-state index in [4.69, 9.17) is 0 Å². The van der Waals surface area contributed by atoms with Gasteiger partial charge in [0.2, 0.25) is 0 Å². The normalized spacial score (nSPS) is 13.5. The van der Waals surface area contributed by atoms with Crippen LogP contribution in [0.5, 0.6) is 0 Å². The summed E-state index contributed by atoms with van der Waals surface area (Å²) in [5.74, 6) is 0.608. The van der Waals surface area contributed by atoms with Gasteiger partial charge in [0, 0.05) is 11.3 Å². The molecular formula is C7H10BrNS. The number of halogens is 1. The number of nitrogens with zero attached hydrogens (tertiary/aromatic N) is 1. The maximum Gasteiger partial charge on any atom is 0.117 e. The number of hydrogen-bond acceptors (Lipinski definition) is 2. The van der Waals surface area contributed by atoms with Gasteiger partial charge in [0.15, 0.2) is 0 Å². The van der Waals surface area contributed by atoms with Gasteiger partial charge in [-0.15, -0.1) is 11.3 Å². The van der Waals surface area contributed by atoms with Crippen LogP contribution in [0.1, 0.15) is 31.2 Å². The first-order valence-corrected chi connectivity index (χ1v) is 5.02. The Labute approximate surface area is 73.6 Å². The maximum atomic E-state index is 4.32. The predicted octanol–water partition coefficient (Wildman–Crippen LogP) is 3.42. The Morgan fingerprint density at radius 2 is 2.50 bits per heavy atom. The first kappa shape index (κ1) is 8.21. The third-order valence-electron chi connectivity index (χ3n) is 1.53. The van der Waals surface area contributed by atoms with Crippen molar-refractivity contribution in [3.05, 3.63) is 15.0 Å². The van der Waals surface area contributed by atoms with E-state index in [1.165, 1.54) is 11.4 Å². The van der Waals surface area contributed by atoms with Crippen LogP contribution in [0, 0.1) is 0 Å². The van der Waals surface area contributed by atoms with Gasteiger partial charge in [-0.1, -0.05) is 13.8 Å². The molecule has 1 aromatic heterocycles. The Morgan fingerprint density at radius 3 is 2.90 bits per heavy atom. The molecule has 1 rings (SSSR count). The van der Waals surface area contributed by atoms with E-state index in [2.05, 4.69) is 34.8 Å². The molecule has 1 heterocycles. The summed E-state index contributed by atoms with van der Waals surface area (Å²) in [6.07, 6.45) is 1.17. The molecule has 0 bridgehead atoms. The van der Waals surface area contributed by atoms with Crippen LogP contribution in [0.15, 0.2) is 9.98 Å². The van der Waals surface area contributed by atoms with Crippen LogP contribution in [0.2, 0.25) is 0 Å². The summed E-state index contributed by atoms with van der Waals surface area (Å²) in [4.78, 5) is 4.32. The average Bonchev–Trinajstić information content (AvgIpc) is 2.34. The molecule has 3 heteroatoms. The molecule has 0 radical (unpaired) electrons. The van der Waals surface area contributed by atoms with Crippen LogP contribution in [0.4, 0.5) is 0 Å². The SMILES string of the molecule is CCC(C)c1nc(Br)cs1. The summed E-state index contributed by atoms with van der Waals surface area (Å²) in [6.45, 7) is 4.38. The molecule has 0 aliphatic carbocycles. The van der Waals surface area contributed by atoms with E-state index >= 15 is 0 Å². The van der Waals surface area contributed by atoms with Gasteiger partial charge in [0.05, 0.1) is 5.01 Å². The highest BCUT2D eigenvalue weighted by molar-refractivity contribution is 9.10. The summed E-state index contributed by atoms with van der Waals surface area (Å²) >= 11 is 5.05. The maximum absolute atomic E-state index is 4.32. The number of aromatic nitrogens is 1. The summed E-state index contributed by atoms with van der Waals surface area (Å²) in [7, 11) is 0. The Bertz CT molecular complexity index is 209. The summed E-state index contributed by atoms with van der Waals surface area (Å²) < 4.78 is 0.966. The fourth-order valence-electron chi connectivity index (χ4n) is 0.668. The first-order valence-electron chi connectivity index (χ1n) is 3.35. The van der Waals surface area contributed by atoms with Crippen molar-refractivity contribution >= 4 is 27.3 Å². The minimum Gasteiger partial charge on any atom is -0.234 e. The van der Waals surface area contributed by atoms with E-state index in [9.17, 15) is 0 Å². The predicted molar refractivity (Wildman–Crippen MR) is 48.5 cm³/mol. The molecule has 0 fully saturated rings. The second-order valence-corrected chi connectivity index (χ2v) is 4.02. The zero-order valence-electron chi connectivity index (χ0n) is 6.10. The minimum absolute atomic E-state index is 0.608. The molecule has 1 nitrogen and oxygen atoms in total. The van der Waals surface area contributed by atoms with E-state index in [0.29, 0.717) is 5.92 Å². The quantitative estimate of drug-likeness (QED) is 0.744. The molecule has 56 valence electrons. The minimum atomic E-state index is 0.608. The van der Waals surface area contributed by atoms with E-state index in [-0.39, 0.29) is 0 Å². The topological polar surface area (TPSA) is 12.9 Å². The summed E-state index contributed by atoms with van der Waals surface area (Å²) in [5, 5.41) is 3.26. The Morgan fingerprint density at radius 1 is 1.80 bits per heavy atom. The van der Waals surface area contributed by atoms with Gasteiger partial charge >= 0.3 is 0 Å². The lowest BCUT2D eigenvalue weighted by atomic mass is 10.1. The van der Waals surface area contributed by atoms with Crippen molar-refractivity contribution in [2.75, 3.05) is 0 Å². The van der Waals surface area contributed by atoms with Crippen molar-refractivity contribution in [1.82, 2.24) is 4.98 Å². The Kier molecular flexibility index (Phi) is 2.86. The van der Waals surface area contributed by atoms with Gasteiger partial charge in [0.25, 0.3) is 0 Å². The van der Waals surface area contributed by atoms with Gasteiger partial charge in [-0.25, -0.2) is 4.98 Å². The highest BCUT2D eigenvalue weighted by Gasteiger charge is 2.05. The third-order valence-corrected chi connectivity index (χ3v) is 3.31. The monoisotopic (exact) mass is 219 g/mol. The number of hydrogen-bond donors (Lipinski definition) is 0. The lowest BCUT2D eigenvalue weighted by molar-refractivity contribution is 0.725. The Hall–Kier alpha value is 0.110. The van der Waals surface area contributed by atoms with Crippen LogP contribution >= 0.6 is 27.3 Å². The lowest BCUT2D eigenvalue weighted by Gasteiger charge is -2.00. The summed E-state index contributed by atoms with van der Waals surface area (Å²) in [6, 6.07) is 0. The molecule has 0 aliphatic heterocycles. The average molecular weight is 220 g/mol. The van der Waals surface area contributed by atoms with Gasteiger partial charge < -0.3 is 0 Å². The highest BCUT2D eigenvalue weighted by Crippen LogP contribution is 2.24. The molecular weight excluding hydrogens is 210 g/mol. The smallest absolute Gasteiger partial charge is 0.117 e. The van der Waals surface area contributed by atoms with Crippen LogP contribution in [-0.2, 0) is 0 Å². The van der Waals surface area contributed by atoms with Crippen molar-refractivity contribution in [1.29, 1.82) is 0 Å².